The first-order valence-corrected chi connectivity index (χ1v) is 4.46. The number of thiol groups is 1. The molecule has 0 unspecified atom stereocenters. The van der Waals surface area contributed by atoms with Crippen molar-refractivity contribution in [1.82, 2.24) is 0 Å². The molecule has 1 aromatic rings. The number of hydrogen-bond donors (Lipinski definition) is 2. The van der Waals surface area contributed by atoms with Gasteiger partial charge in [0.25, 0.3) is 0 Å². The fourth-order valence-corrected chi connectivity index (χ4v) is 1.41. The van der Waals surface area contributed by atoms with Gasteiger partial charge in [-0.05, 0) is 18.2 Å². The molecule has 1 aliphatic heterocycles. The quantitative estimate of drug-likeness (QED) is 0.618. The van der Waals surface area contributed by atoms with Gasteiger partial charge in [0.15, 0.2) is 0 Å². The highest BCUT2D eigenvalue weighted by molar-refractivity contribution is 7.80. The van der Waals surface area contributed by atoms with Gasteiger partial charge in [-0.25, -0.2) is 0 Å². The fraction of sp³-hybridized carbons (Fsp3) is 0.222. The van der Waals surface area contributed by atoms with E-state index in [0.29, 0.717) is 24.5 Å². The first-order chi connectivity index (χ1) is 6.25. The predicted octanol–water partition coefficient (Wildman–Crippen LogP) is 1.70. The van der Waals surface area contributed by atoms with Crippen LogP contribution in [0.15, 0.2) is 23.1 Å². The second kappa shape index (κ2) is 3.30. The van der Waals surface area contributed by atoms with Crippen LogP contribution in [0.4, 0.5) is 5.69 Å². The third-order valence-corrected chi connectivity index (χ3v) is 2.10. The monoisotopic (exact) mass is 195 g/mol. The Morgan fingerprint density at radius 3 is 3.15 bits per heavy atom. The maximum Gasteiger partial charge on any atom is 0.227 e. The third kappa shape index (κ3) is 1.78. The van der Waals surface area contributed by atoms with E-state index < -0.39 is 0 Å². The minimum atomic E-state index is -0.0160. The normalized spacial score (nSPS) is 15.3. The van der Waals surface area contributed by atoms with Crippen LogP contribution in [-0.2, 0) is 4.79 Å². The van der Waals surface area contributed by atoms with E-state index in [1.54, 1.807) is 6.07 Å². The lowest BCUT2D eigenvalue weighted by Crippen LogP contribution is -2.10. The Balaban J connectivity index is 2.40. The van der Waals surface area contributed by atoms with Crippen molar-refractivity contribution in [3.63, 3.8) is 0 Å². The van der Waals surface area contributed by atoms with Crippen molar-refractivity contribution in [2.45, 2.75) is 11.3 Å². The number of nitrogens with one attached hydrogen (secondary N) is 1. The van der Waals surface area contributed by atoms with Gasteiger partial charge in [-0.3, -0.25) is 4.79 Å². The van der Waals surface area contributed by atoms with E-state index in [1.165, 1.54) is 0 Å². The summed E-state index contributed by atoms with van der Waals surface area (Å²) in [6.45, 7) is 0.435. The summed E-state index contributed by atoms with van der Waals surface area (Å²) in [5.74, 6) is 0.696. The lowest BCUT2D eigenvalue weighted by molar-refractivity contribution is -0.116. The number of rotatable bonds is 0. The summed E-state index contributed by atoms with van der Waals surface area (Å²) in [4.78, 5) is 12.0. The van der Waals surface area contributed by atoms with E-state index in [4.69, 9.17) is 4.74 Å². The lowest BCUT2D eigenvalue weighted by Gasteiger charge is -2.06. The summed E-state index contributed by atoms with van der Waals surface area (Å²) < 4.78 is 5.36. The number of anilines is 1. The largest absolute Gasteiger partial charge is 0.491 e. The van der Waals surface area contributed by atoms with Gasteiger partial charge >= 0.3 is 0 Å². The molecule has 1 heterocycles. The molecule has 3 nitrogen and oxygen atoms in total. The molecule has 1 aliphatic rings. The maximum atomic E-state index is 11.1. The molecule has 2 rings (SSSR count). The summed E-state index contributed by atoms with van der Waals surface area (Å²) >= 11 is 4.18. The Hall–Kier alpha value is -1.16. The van der Waals surface area contributed by atoms with Gasteiger partial charge in [-0.2, -0.15) is 0 Å². The van der Waals surface area contributed by atoms with Crippen LogP contribution >= 0.6 is 12.6 Å². The fourth-order valence-electron chi connectivity index (χ4n) is 1.21. The van der Waals surface area contributed by atoms with Crippen LogP contribution < -0.4 is 10.1 Å². The number of carbonyl (C=O) groups excluding carboxylic acids is 1. The number of fused-ring (bicyclic) bond motifs is 1. The number of carbonyl (C=O) groups is 1. The Morgan fingerprint density at radius 1 is 1.46 bits per heavy atom. The van der Waals surface area contributed by atoms with Crippen molar-refractivity contribution in [2.75, 3.05) is 11.9 Å². The van der Waals surface area contributed by atoms with Crippen molar-refractivity contribution in [3.05, 3.63) is 18.2 Å². The summed E-state index contributed by atoms with van der Waals surface area (Å²) in [5, 5.41) is 2.75. The molecular formula is C9H9NO2S. The zero-order chi connectivity index (χ0) is 9.26. The van der Waals surface area contributed by atoms with E-state index in [0.717, 1.165) is 4.90 Å². The van der Waals surface area contributed by atoms with Crippen molar-refractivity contribution >= 4 is 24.2 Å². The number of ether oxygens (including phenoxy) is 1. The molecule has 1 N–H and O–H groups in total. The second-order valence-corrected chi connectivity index (χ2v) is 3.34. The maximum absolute atomic E-state index is 11.1. The third-order valence-electron chi connectivity index (χ3n) is 1.82. The molecule has 4 heteroatoms. The van der Waals surface area contributed by atoms with Crippen molar-refractivity contribution in [2.24, 2.45) is 0 Å². The van der Waals surface area contributed by atoms with Crippen LogP contribution in [0, 0.1) is 0 Å². The Kier molecular flexibility index (Phi) is 2.14. The van der Waals surface area contributed by atoms with E-state index in [1.807, 2.05) is 12.1 Å². The van der Waals surface area contributed by atoms with E-state index in [2.05, 4.69) is 17.9 Å². The van der Waals surface area contributed by atoms with Crippen LogP contribution in [0.25, 0.3) is 0 Å². The van der Waals surface area contributed by atoms with Crippen molar-refractivity contribution in [3.8, 4) is 5.75 Å². The van der Waals surface area contributed by atoms with Gasteiger partial charge in [-0.1, -0.05) is 0 Å². The van der Waals surface area contributed by atoms with Crippen LogP contribution in [0.5, 0.6) is 5.75 Å². The van der Waals surface area contributed by atoms with Gasteiger partial charge in [-0.15, -0.1) is 12.6 Å². The Morgan fingerprint density at radius 2 is 2.31 bits per heavy atom. The molecule has 1 aromatic carbocycles. The molecule has 13 heavy (non-hydrogen) atoms. The number of hydrogen-bond acceptors (Lipinski definition) is 3. The average molecular weight is 195 g/mol. The molecule has 0 fully saturated rings. The summed E-state index contributed by atoms with van der Waals surface area (Å²) in [6.07, 6.45) is 0.399. The highest BCUT2D eigenvalue weighted by Gasteiger charge is 2.12. The SMILES string of the molecule is O=C1CCOc2ccc(S)cc2N1. The zero-order valence-electron chi connectivity index (χ0n) is 6.91. The topological polar surface area (TPSA) is 38.3 Å². The van der Waals surface area contributed by atoms with Crippen LogP contribution in [-0.4, -0.2) is 12.5 Å². The van der Waals surface area contributed by atoms with Crippen LogP contribution in [0.3, 0.4) is 0 Å². The highest BCUT2D eigenvalue weighted by atomic mass is 32.1. The molecule has 0 atom stereocenters. The van der Waals surface area contributed by atoms with E-state index in [9.17, 15) is 4.79 Å². The standard InChI is InChI=1S/C9H9NO2S/c11-9-3-4-12-8-2-1-6(13)5-7(8)10-9/h1-2,5,13H,3-4H2,(H,10,11). The van der Waals surface area contributed by atoms with E-state index >= 15 is 0 Å². The molecule has 0 saturated carbocycles. The summed E-state index contributed by atoms with van der Waals surface area (Å²) in [5.41, 5.74) is 0.704. The van der Waals surface area contributed by atoms with Crippen LogP contribution in [0.1, 0.15) is 6.42 Å². The molecule has 0 saturated heterocycles. The molecule has 0 aliphatic carbocycles. The Labute approximate surface area is 81.5 Å². The van der Waals surface area contributed by atoms with Gasteiger partial charge < -0.3 is 10.1 Å². The number of benzene rings is 1. The Bertz CT molecular complexity index is 351. The van der Waals surface area contributed by atoms with Gasteiger partial charge in [0, 0.05) is 4.90 Å². The van der Waals surface area contributed by atoms with Gasteiger partial charge in [0.2, 0.25) is 5.91 Å². The predicted molar refractivity (Wildman–Crippen MR) is 52.4 cm³/mol. The minimum absolute atomic E-state index is 0.0160. The molecule has 1 amide bonds. The molecule has 0 spiro atoms. The summed E-state index contributed by atoms with van der Waals surface area (Å²) in [7, 11) is 0. The zero-order valence-corrected chi connectivity index (χ0v) is 7.80. The first kappa shape index (κ1) is 8.44. The molecule has 68 valence electrons. The molecule has 0 aromatic heterocycles. The molecular weight excluding hydrogens is 186 g/mol. The highest BCUT2D eigenvalue weighted by Crippen LogP contribution is 2.28. The average Bonchev–Trinajstić information content (AvgIpc) is 2.25. The van der Waals surface area contributed by atoms with Crippen molar-refractivity contribution < 1.29 is 9.53 Å². The van der Waals surface area contributed by atoms with Gasteiger partial charge in [0.05, 0.1) is 18.7 Å². The lowest BCUT2D eigenvalue weighted by atomic mass is 10.3. The smallest absolute Gasteiger partial charge is 0.227 e. The molecule has 0 radical (unpaired) electrons. The van der Waals surface area contributed by atoms with Crippen molar-refractivity contribution in [1.29, 1.82) is 0 Å². The number of amides is 1. The summed E-state index contributed by atoms with van der Waals surface area (Å²) in [6, 6.07) is 5.42. The van der Waals surface area contributed by atoms with Gasteiger partial charge in [0.1, 0.15) is 5.75 Å². The molecule has 0 bridgehead atoms. The minimum Gasteiger partial charge on any atom is -0.491 e. The van der Waals surface area contributed by atoms with Crippen LogP contribution in [0.2, 0.25) is 0 Å². The second-order valence-electron chi connectivity index (χ2n) is 2.83. The first-order valence-electron chi connectivity index (χ1n) is 4.01. The van der Waals surface area contributed by atoms with E-state index in [-0.39, 0.29) is 5.91 Å².